The highest BCUT2D eigenvalue weighted by molar-refractivity contribution is 5.79. The van der Waals surface area contributed by atoms with Crippen molar-refractivity contribution in [2.75, 3.05) is 20.1 Å². The molecule has 2 rings (SSSR count). The van der Waals surface area contributed by atoms with Gasteiger partial charge in [-0.2, -0.15) is 0 Å². The van der Waals surface area contributed by atoms with Gasteiger partial charge in [0.15, 0.2) is 5.96 Å². The summed E-state index contributed by atoms with van der Waals surface area (Å²) in [5.41, 5.74) is 0.399. The second kappa shape index (κ2) is 11.0. The standard InChI is InChI=1S/C21H28FN5O3/c1-21(2,3)30-20(28)26-12-11-25-19(23-4)27-14-15-9-10-24-18(13-15)29-17-7-5-16(22)6-8-17/h5-10,13H,11-12,14H2,1-4H3,(H,26,28)(H2,23,25,27). The van der Waals surface area contributed by atoms with Crippen LogP contribution in [0.5, 0.6) is 11.6 Å². The summed E-state index contributed by atoms with van der Waals surface area (Å²) < 4.78 is 23.8. The van der Waals surface area contributed by atoms with Gasteiger partial charge < -0.3 is 25.4 Å². The molecule has 8 nitrogen and oxygen atoms in total. The van der Waals surface area contributed by atoms with E-state index in [-0.39, 0.29) is 5.82 Å². The number of aromatic nitrogens is 1. The average molecular weight is 417 g/mol. The van der Waals surface area contributed by atoms with Crippen LogP contribution in [0, 0.1) is 5.82 Å². The number of nitrogens with zero attached hydrogens (tertiary/aromatic N) is 2. The Morgan fingerprint density at radius 1 is 1.10 bits per heavy atom. The second-order valence-corrected chi connectivity index (χ2v) is 7.34. The number of halogens is 1. The molecule has 0 atom stereocenters. The van der Waals surface area contributed by atoms with E-state index < -0.39 is 11.7 Å². The van der Waals surface area contributed by atoms with Crippen LogP contribution in [-0.4, -0.2) is 42.8 Å². The molecule has 0 aliphatic carbocycles. The first-order valence-corrected chi connectivity index (χ1v) is 9.55. The number of benzene rings is 1. The van der Waals surface area contributed by atoms with E-state index in [9.17, 15) is 9.18 Å². The Morgan fingerprint density at radius 2 is 1.80 bits per heavy atom. The van der Waals surface area contributed by atoms with Gasteiger partial charge in [0, 0.05) is 38.9 Å². The van der Waals surface area contributed by atoms with Crippen molar-refractivity contribution in [3.8, 4) is 11.6 Å². The number of hydrogen-bond acceptors (Lipinski definition) is 5. The number of aliphatic imine (C=N–C) groups is 1. The zero-order valence-corrected chi connectivity index (χ0v) is 17.7. The van der Waals surface area contributed by atoms with Crippen LogP contribution < -0.4 is 20.7 Å². The maximum atomic E-state index is 13.0. The van der Waals surface area contributed by atoms with Crippen LogP contribution in [0.1, 0.15) is 26.3 Å². The van der Waals surface area contributed by atoms with Crippen LogP contribution in [0.3, 0.4) is 0 Å². The van der Waals surface area contributed by atoms with Gasteiger partial charge in [0.05, 0.1) is 0 Å². The predicted molar refractivity (Wildman–Crippen MR) is 113 cm³/mol. The Kier molecular flexibility index (Phi) is 8.40. The largest absolute Gasteiger partial charge is 0.444 e. The van der Waals surface area contributed by atoms with Gasteiger partial charge in [0.25, 0.3) is 0 Å². The van der Waals surface area contributed by atoms with Crippen LogP contribution in [0.15, 0.2) is 47.6 Å². The highest BCUT2D eigenvalue weighted by Crippen LogP contribution is 2.20. The maximum absolute atomic E-state index is 13.0. The smallest absolute Gasteiger partial charge is 0.407 e. The molecule has 0 fully saturated rings. The van der Waals surface area contributed by atoms with Crippen molar-refractivity contribution >= 4 is 12.1 Å². The molecule has 0 aliphatic rings. The lowest BCUT2D eigenvalue weighted by Crippen LogP contribution is -2.42. The third-order valence-electron chi connectivity index (χ3n) is 3.60. The van der Waals surface area contributed by atoms with Gasteiger partial charge in [-0.15, -0.1) is 0 Å². The number of carbonyl (C=O) groups is 1. The molecule has 0 spiro atoms. The molecular weight excluding hydrogens is 389 g/mol. The van der Waals surface area contributed by atoms with Crippen molar-refractivity contribution in [2.45, 2.75) is 32.9 Å². The van der Waals surface area contributed by atoms with E-state index in [2.05, 4.69) is 25.9 Å². The zero-order valence-electron chi connectivity index (χ0n) is 17.7. The molecule has 162 valence electrons. The molecule has 0 saturated heterocycles. The SMILES string of the molecule is CN=C(NCCNC(=O)OC(C)(C)C)NCc1ccnc(Oc2ccc(F)cc2)c1. The maximum Gasteiger partial charge on any atom is 0.407 e. The molecule has 0 bridgehead atoms. The number of alkyl carbamates (subject to hydrolysis) is 1. The van der Waals surface area contributed by atoms with Gasteiger partial charge in [0.1, 0.15) is 17.2 Å². The minimum atomic E-state index is -0.529. The third-order valence-corrected chi connectivity index (χ3v) is 3.60. The van der Waals surface area contributed by atoms with Gasteiger partial charge in [-0.25, -0.2) is 14.2 Å². The summed E-state index contributed by atoms with van der Waals surface area (Å²) in [6.07, 6.45) is 1.18. The number of hydrogen-bond donors (Lipinski definition) is 3. The molecule has 30 heavy (non-hydrogen) atoms. The normalized spacial score (nSPS) is 11.6. The first-order chi connectivity index (χ1) is 14.2. The molecule has 9 heteroatoms. The van der Waals surface area contributed by atoms with Gasteiger partial charge >= 0.3 is 6.09 Å². The fraction of sp³-hybridized carbons (Fsp3) is 0.381. The number of amides is 1. The minimum Gasteiger partial charge on any atom is -0.444 e. The van der Waals surface area contributed by atoms with Crippen molar-refractivity contribution in [1.29, 1.82) is 0 Å². The van der Waals surface area contributed by atoms with Crippen molar-refractivity contribution in [3.05, 3.63) is 54.0 Å². The van der Waals surface area contributed by atoms with Crippen LogP contribution in [0.25, 0.3) is 0 Å². The van der Waals surface area contributed by atoms with Gasteiger partial charge in [-0.05, 0) is 56.7 Å². The number of pyridine rings is 1. The Labute approximate surface area is 175 Å². The van der Waals surface area contributed by atoms with Crippen molar-refractivity contribution in [2.24, 2.45) is 4.99 Å². The van der Waals surface area contributed by atoms with Crippen molar-refractivity contribution in [3.63, 3.8) is 0 Å². The summed E-state index contributed by atoms with van der Waals surface area (Å²) >= 11 is 0. The molecule has 3 N–H and O–H groups in total. The first-order valence-electron chi connectivity index (χ1n) is 9.55. The minimum absolute atomic E-state index is 0.326. The van der Waals surface area contributed by atoms with Crippen LogP contribution in [0.2, 0.25) is 0 Å². The number of nitrogens with one attached hydrogen (secondary N) is 3. The van der Waals surface area contributed by atoms with E-state index in [0.29, 0.717) is 37.2 Å². The number of ether oxygens (including phenoxy) is 2. The lowest BCUT2D eigenvalue weighted by Gasteiger charge is -2.20. The molecule has 0 saturated carbocycles. The molecule has 0 aliphatic heterocycles. The highest BCUT2D eigenvalue weighted by atomic mass is 19.1. The molecule has 1 aromatic carbocycles. The lowest BCUT2D eigenvalue weighted by molar-refractivity contribution is 0.0529. The Bertz CT molecular complexity index is 850. The van der Waals surface area contributed by atoms with E-state index in [4.69, 9.17) is 9.47 Å². The van der Waals surface area contributed by atoms with Crippen LogP contribution in [-0.2, 0) is 11.3 Å². The monoisotopic (exact) mass is 417 g/mol. The molecule has 1 heterocycles. The third kappa shape index (κ3) is 8.76. The quantitative estimate of drug-likeness (QED) is 0.364. The van der Waals surface area contributed by atoms with E-state index in [1.807, 2.05) is 26.8 Å². The van der Waals surface area contributed by atoms with E-state index in [1.165, 1.54) is 12.1 Å². The van der Waals surface area contributed by atoms with Crippen molar-refractivity contribution in [1.82, 2.24) is 20.9 Å². The number of carbonyl (C=O) groups excluding carboxylic acids is 1. The Morgan fingerprint density at radius 3 is 2.47 bits per heavy atom. The topological polar surface area (TPSA) is 96.9 Å². The summed E-state index contributed by atoms with van der Waals surface area (Å²) in [4.78, 5) is 19.9. The summed E-state index contributed by atoms with van der Waals surface area (Å²) in [7, 11) is 1.66. The van der Waals surface area contributed by atoms with Gasteiger partial charge in [-0.1, -0.05) is 0 Å². The van der Waals surface area contributed by atoms with Gasteiger partial charge in [-0.3, -0.25) is 4.99 Å². The van der Waals surface area contributed by atoms with E-state index >= 15 is 0 Å². The van der Waals surface area contributed by atoms with E-state index in [0.717, 1.165) is 5.56 Å². The fourth-order valence-corrected chi connectivity index (χ4v) is 2.31. The molecular formula is C21H28FN5O3. The number of guanidine groups is 1. The second-order valence-electron chi connectivity index (χ2n) is 7.34. The molecule has 0 unspecified atom stereocenters. The predicted octanol–water partition coefficient (Wildman–Crippen LogP) is 3.20. The lowest BCUT2D eigenvalue weighted by atomic mass is 10.2. The average Bonchev–Trinajstić information content (AvgIpc) is 2.68. The first kappa shape index (κ1) is 22.9. The molecule has 1 amide bonds. The highest BCUT2D eigenvalue weighted by Gasteiger charge is 2.15. The van der Waals surface area contributed by atoms with Crippen molar-refractivity contribution < 1.29 is 18.7 Å². The van der Waals surface area contributed by atoms with Gasteiger partial charge in [0.2, 0.25) is 5.88 Å². The fourth-order valence-electron chi connectivity index (χ4n) is 2.31. The zero-order chi connectivity index (χ0) is 22.0. The van der Waals surface area contributed by atoms with Crippen LogP contribution >= 0.6 is 0 Å². The molecule has 1 aromatic heterocycles. The Hall–Kier alpha value is -3.36. The summed E-state index contributed by atoms with van der Waals surface area (Å²) in [5, 5.41) is 8.95. The summed E-state index contributed by atoms with van der Waals surface area (Å²) in [5.74, 6) is 1.17. The molecule has 0 radical (unpaired) electrons. The molecule has 2 aromatic rings. The Balaban J connectivity index is 1.76. The van der Waals surface area contributed by atoms with E-state index in [1.54, 1.807) is 31.4 Å². The van der Waals surface area contributed by atoms with Crippen LogP contribution in [0.4, 0.5) is 9.18 Å². The summed E-state index contributed by atoms with van der Waals surface area (Å²) in [6.45, 7) is 6.79. The summed E-state index contributed by atoms with van der Waals surface area (Å²) in [6, 6.07) is 9.37. The number of rotatable bonds is 7.